The third-order valence-corrected chi connectivity index (χ3v) is 10.5. The van der Waals surface area contributed by atoms with Gasteiger partial charge in [-0.3, -0.25) is 0 Å². The average Bonchev–Trinajstić information content (AvgIpc) is 3.70. The van der Waals surface area contributed by atoms with Gasteiger partial charge in [0, 0.05) is 38.2 Å². The molecule has 9 nitrogen and oxygen atoms in total. The number of methoxy groups -OCH3 is 1. The van der Waals surface area contributed by atoms with E-state index in [1.165, 1.54) is 54.4 Å². The van der Waals surface area contributed by atoms with Crippen molar-refractivity contribution < 1.29 is 36.2 Å². The molecule has 0 unspecified atom stereocenters. The molecule has 51 heavy (non-hydrogen) atoms. The molecule has 7 rings (SSSR count). The van der Waals surface area contributed by atoms with Gasteiger partial charge in [-0.25, -0.2) is 39.7 Å². The molecule has 0 atom stereocenters. The molecule has 3 aromatic heterocycles. The van der Waals surface area contributed by atoms with E-state index in [2.05, 4.69) is 9.94 Å². The van der Waals surface area contributed by atoms with Crippen molar-refractivity contribution in [2.45, 2.75) is 11.3 Å². The number of nitrogens with zero attached hydrogens (tertiary/aromatic N) is 4. The van der Waals surface area contributed by atoms with E-state index in [-0.39, 0.29) is 54.4 Å². The van der Waals surface area contributed by atoms with Gasteiger partial charge in [0.25, 0.3) is 16.4 Å². The van der Waals surface area contributed by atoms with Crippen molar-refractivity contribution >= 4 is 49.7 Å². The summed E-state index contributed by atoms with van der Waals surface area (Å²) >= 11 is 6.54. The van der Waals surface area contributed by atoms with Crippen LogP contribution in [0.25, 0.3) is 54.8 Å². The van der Waals surface area contributed by atoms with Crippen LogP contribution < -0.4 is 4.74 Å². The van der Waals surface area contributed by atoms with Gasteiger partial charge in [0.05, 0.1) is 53.3 Å². The number of carboxylic acid groups (broad SMARTS) is 1. The SMILES string of the molecule is [C-]#[N+]c1cnn2cc(OC)cc(-c3c(-c4cccc(-c5ccc(C(=O)O)cc5Cl)c4)n(S(=O)(=O)c4ccc(C(F)F)cc4)c4ccc(F)cc34)c12. The van der Waals surface area contributed by atoms with Gasteiger partial charge >= 0.3 is 5.97 Å². The van der Waals surface area contributed by atoms with Crippen molar-refractivity contribution in [2.75, 3.05) is 7.11 Å². The van der Waals surface area contributed by atoms with Crippen molar-refractivity contribution in [1.82, 2.24) is 13.6 Å². The van der Waals surface area contributed by atoms with E-state index in [0.29, 0.717) is 28.0 Å². The topological polar surface area (TPSA) is 107 Å². The van der Waals surface area contributed by atoms with Crippen LogP contribution in [-0.4, -0.2) is 40.2 Å². The molecule has 0 aliphatic rings. The molecule has 0 radical (unpaired) electrons. The van der Waals surface area contributed by atoms with Crippen LogP contribution in [0.15, 0.2) is 108 Å². The minimum absolute atomic E-state index is 0.0354. The highest BCUT2D eigenvalue weighted by atomic mass is 35.5. The monoisotopic (exact) mass is 726 g/mol. The number of alkyl halides is 2. The van der Waals surface area contributed by atoms with Crippen molar-refractivity contribution in [3.05, 3.63) is 137 Å². The van der Waals surface area contributed by atoms with E-state index in [1.807, 2.05) is 0 Å². The summed E-state index contributed by atoms with van der Waals surface area (Å²) in [4.78, 5) is 14.9. The Hall–Kier alpha value is -6.10. The molecule has 4 aromatic carbocycles. The molecule has 7 aromatic rings. The van der Waals surface area contributed by atoms with Gasteiger partial charge in [-0.15, -0.1) is 0 Å². The molecule has 0 fully saturated rings. The van der Waals surface area contributed by atoms with Crippen LogP contribution in [-0.2, 0) is 10.0 Å². The molecule has 0 aliphatic carbocycles. The number of ether oxygens (including phenoxy) is 1. The normalized spacial score (nSPS) is 11.7. The zero-order chi connectivity index (χ0) is 36.2. The van der Waals surface area contributed by atoms with Crippen molar-refractivity contribution in [3.63, 3.8) is 0 Å². The quantitative estimate of drug-likeness (QED) is 0.156. The first-order valence-electron chi connectivity index (χ1n) is 15.0. The van der Waals surface area contributed by atoms with E-state index in [9.17, 15) is 27.1 Å². The van der Waals surface area contributed by atoms with E-state index in [4.69, 9.17) is 22.9 Å². The lowest BCUT2D eigenvalue weighted by atomic mass is 9.95. The van der Waals surface area contributed by atoms with Gasteiger partial charge in [-0.2, -0.15) is 5.10 Å². The Kier molecular flexibility index (Phi) is 8.29. The third kappa shape index (κ3) is 5.64. The maximum absolute atomic E-state index is 15.2. The predicted octanol–water partition coefficient (Wildman–Crippen LogP) is 9.51. The molecule has 3 heterocycles. The second-order valence-corrected chi connectivity index (χ2v) is 13.5. The fraction of sp³-hybridized carbons (Fsp3) is 0.0541. The Balaban J connectivity index is 1.63. The Morgan fingerprint density at radius 3 is 2.39 bits per heavy atom. The van der Waals surface area contributed by atoms with Gasteiger partial charge < -0.3 is 9.84 Å². The number of benzene rings is 4. The molecule has 0 spiro atoms. The van der Waals surface area contributed by atoms with E-state index >= 15 is 4.39 Å². The summed E-state index contributed by atoms with van der Waals surface area (Å²) in [6.45, 7) is 7.84. The number of fused-ring (bicyclic) bond motifs is 2. The van der Waals surface area contributed by atoms with Gasteiger partial charge in [0.1, 0.15) is 11.6 Å². The zero-order valence-corrected chi connectivity index (χ0v) is 27.8. The molecule has 14 heteroatoms. The van der Waals surface area contributed by atoms with Crippen LogP contribution in [0.3, 0.4) is 0 Å². The number of halogens is 4. The molecule has 0 amide bonds. The number of rotatable bonds is 8. The second kappa shape index (κ2) is 12.7. The lowest BCUT2D eigenvalue weighted by molar-refractivity contribution is 0.0696. The second-order valence-electron chi connectivity index (χ2n) is 11.3. The summed E-state index contributed by atoms with van der Waals surface area (Å²) in [7, 11) is -3.19. The van der Waals surface area contributed by atoms with Gasteiger partial charge in [0.2, 0.25) is 5.69 Å². The molecular formula is C37H22ClF3N4O5S. The summed E-state index contributed by atoms with van der Waals surface area (Å²) < 4.78 is 79.6. The number of hydrogen-bond donors (Lipinski definition) is 1. The van der Waals surface area contributed by atoms with Gasteiger partial charge in [-0.1, -0.05) is 48.0 Å². The minimum Gasteiger partial charge on any atom is -0.495 e. The maximum Gasteiger partial charge on any atom is 0.335 e. The summed E-state index contributed by atoms with van der Waals surface area (Å²) in [6, 6.07) is 20.2. The molecular weight excluding hydrogens is 705 g/mol. The lowest BCUT2D eigenvalue weighted by Gasteiger charge is -2.16. The van der Waals surface area contributed by atoms with Gasteiger partial charge in [-0.05, 0) is 60.2 Å². The average molecular weight is 727 g/mol. The first-order valence-corrected chi connectivity index (χ1v) is 16.8. The highest BCUT2D eigenvalue weighted by Crippen LogP contribution is 2.47. The number of carbonyl (C=O) groups is 1. The number of carboxylic acids is 1. The smallest absolute Gasteiger partial charge is 0.335 e. The number of pyridine rings is 1. The Morgan fingerprint density at radius 1 is 0.980 bits per heavy atom. The Morgan fingerprint density at radius 2 is 1.73 bits per heavy atom. The summed E-state index contributed by atoms with van der Waals surface area (Å²) in [5.74, 6) is -1.55. The van der Waals surface area contributed by atoms with Crippen LogP contribution in [0.2, 0.25) is 5.02 Å². The molecule has 0 aliphatic heterocycles. The fourth-order valence-electron chi connectivity index (χ4n) is 6.09. The summed E-state index contributed by atoms with van der Waals surface area (Å²) in [6.07, 6.45) is 0.0498. The minimum atomic E-state index is -4.62. The third-order valence-electron chi connectivity index (χ3n) is 8.41. The first-order chi connectivity index (χ1) is 24.4. The molecule has 1 N–H and O–H groups in total. The van der Waals surface area contributed by atoms with E-state index < -0.39 is 28.2 Å². The van der Waals surface area contributed by atoms with Crippen molar-refractivity contribution in [2.24, 2.45) is 0 Å². The van der Waals surface area contributed by atoms with Crippen LogP contribution in [0.1, 0.15) is 22.3 Å². The highest BCUT2D eigenvalue weighted by molar-refractivity contribution is 7.90. The van der Waals surface area contributed by atoms with Crippen LogP contribution in [0.5, 0.6) is 5.75 Å². The number of aromatic nitrogens is 3. The van der Waals surface area contributed by atoms with Crippen LogP contribution in [0, 0.1) is 12.4 Å². The summed E-state index contributed by atoms with van der Waals surface area (Å²) in [5, 5.41) is 14.0. The lowest BCUT2D eigenvalue weighted by Crippen LogP contribution is -2.14. The molecule has 0 saturated heterocycles. The Bertz CT molecular complexity index is 2700. The standard InChI is InChI=1S/C37H22ClF3N4O5S/c1-42-31-18-43-44-19-25(50-2)17-29(35(31)44)33-28-16-24(39)9-13-32(28)45(51(48,49)26-10-6-20(7-11-26)36(40)41)34(33)22-5-3-4-21(14-22)27-12-8-23(37(46)47)15-30(27)38/h3-19,36H,2H3,(H,46,47). The molecule has 0 saturated carbocycles. The van der Waals surface area contributed by atoms with Crippen LogP contribution >= 0.6 is 11.6 Å². The number of hydrogen-bond acceptors (Lipinski definition) is 5. The number of aromatic carboxylic acids is 1. The van der Waals surface area contributed by atoms with Gasteiger partial charge in [0.15, 0.2) is 0 Å². The predicted molar refractivity (Wildman–Crippen MR) is 186 cm³/mol. The zero-order valence-electron chi connectivity index (χ0n) is 26.2. The van der Waals surface area contributed by atoms with Crippen LogP contribution in [0.4, 0.5) is 18.9 Å². The molecule has 254 valence electrons. The summed E-state index contributed by atoms with van der Waals surface area (Å²) in [5.41, 5.74) is 1.83. The van der Waals surface area contributed by atoms with Crippen molar-refractivity contribution in [3.8, 4) is 39.3 Å². The largest absolute Gasteiger partial charge is 0.495 e. The highest BCUT2D eigenvalue weighted by Gasteiger charge is 2.31. The Labute approximate surface area is 293 Å². The van der Waals surface area contributed by atoms with Crippen molar-refractivity contribution in [1.29, 1.82) is 0 Å². The fourth-order valence-corrected chi connectivity index (χ4v) is 7.93. The molecule has 0 bridgehead atoms. The van der Waals surface area contributed by atoms with E-state index in [0.717, 1.165) is 34.3 Å². The maximum atomic E-state index is 15.2. The first kappa shape index (κ1) is 33.4. The van der Waals surface area contributed by atoms with E-state index in [1.54, 1.807) is 30.3 Å².